The van der Waals surface area contributed by atoms with Crippen molar-refractivity contribution in [1.29, 1.82) is 0 Å². The van der Waals surface area contributed by atoms with Crippen LogP contribution in [0.2, 0.25) is 0 Å². The van der Waals surface area contributed by atoms with Gasteiger partial charge in [-0.15, -0.1) is 12.4 Å². The number of halogens is 2. The van der Waals surface area contributed by atoms with E-state index in [1.54, 1.807) is 6.07 Å². The summed E-state index contributed by atoms with van der Waals surface area (Å²) in [6, 6.07) is 3.17. The van der Waals surface area contributed by atoms with Crippen molar-refractivity contribution in [3.05, 3.63) is 29.1 Å². The minimum atomic E-state index is -0.0958. The van der Waals surface area contributed by atoms with Crippen LogP contribution in [0.25, 0.3) is 0 Å². The molecule has 4 heteroatoms. The number of nitrogen functional groups attached to an aromatic ring is 1. The van der Waals surface area contributed by atoms with Crippen molar-refractivity contribution in [1.82, 2.24) is 0 Å². The van der Waals surface area contributed by atoms with Crippen LogP contribution in [0.3, 0.4) is 0 Å². The summed E-state index contributed by atoms with van der Waals surface area (Å²) >= 11 is 0. The molecule has 0 aromatic heterocycles. The summed E-state index contributed by atoms with van der Waals surface area (Å²) in [6.45, 7) is 0. The van der Waals surface area contributed by atoms with Crippen molar-refractivity contribution in [3.8, 4) is 0 Å². The molecule has 0 amide bonds. The maximum Gasteiger partial charge on any atom is 0.126 e. The molecule has 1 aliphatic carbocycles. The van der Waals surface area contributed by atoms with Gasteiger partial charge in [0.1, 0.15) is 5.82 Å². The van der Waals surface area contributed by atoms with Crippen molar-refractivity contribution in [2.24, 2.45) is 5.84 Å². The Morgan fingerprint density at radius 1 is 1.23 bits per heavy atom. The zero-order chi connectivity index (χ0) is 8.55. The number of hydrogen-bond donors (Lipinski definition) is 2. The molecule has 2 rings (SSSR count). The highest BCUT2D eigenvalue weighted by Gasteiger charge is 2.17. The molecular formula is C9H12ClFN2. The summed E-state index contributed by atoms with van der Waals surface area (Å²) < 4.78 is 13.1. The lowest BCUT2D eigenvalue weighted by molar-refractivity contribution is 0.613. The number of fused-ring (bicyclic) bond motifs is 1. The molecule has 0 heterocycles. The van der Waals surface area contributed by atoms with Crippen LogP contribution >= 0.6 is 12.4 Å². The zero-order valence-electron chi connectivity index (χ0n) is 7.14. The molecule has 0 atom stereocenters. The second kappa shape index (κ2) is 3.94. The maximum atomic E-state index is 13.1. The molecule has 1 aliphatic rings. The summed E-state index contributed by atoms with van der Waals surface area (Å²) in [5, 5.41) is 0. The van der Waals surface area contributed by atoms with Gasteiger partial charge in [-0.25, -0.2) is 4.39 Å². The number of nitrogens with two attached hydrogens (primary N) is 1. The van der Waals surface area contributed by atoms with Gasteiger partial charge in [-0.2, -0.15) is 0 Å². The Kier molecular flexibility index (Phi) is 3.12. The summed E-state index contributed by atoms with van der Waals surface area (Å²) in [7, 11) is 0. The van der Waals surface area contributed by atoms with Crippen molar-refractivity contribution in [2.75, 3.05) is 5.43 Å². The van der Waals surface area contributed by atoms with Crippen molar-refractivity contribution >= 4 is 18.1 Å². The molecule has 1 aromatic carbocycles. The Hall–Kier alpha value is -0.800. The van der Waals surface area contributed by atoms with Gasteiger partial charge >= 0.3 is 0 Å². The van der Waals surface area contributed by atoms with Crippen LogP contribution in [0.1, 0.15) is 17.5 Å². The lowest BCUT2D eigenvalue weighted by Gasteiger charge is -2.07. The van der Waals surface area contributed by atoms with Crippen LogP contribution in [0.4, 0.5) is 10.1 Å². The van der Waals surface area contributed by atoms with Crippen LogP contribution in [0, 0.1) is 5.82 Å². The van der Waals surface area contributed by atoms with Gasteiger partial charge < -0.3 is 5.43 Å². The van der Waals surface area contributed by atoms with Crippen molar-refractivity contribution in [2.45, 2.75) is 19.3 Å². The summed E-state index contributed by atoms with van der Waals surface area (Å²) in [5.74, 6) is 5.20. The Morgan fingerprint density at radius 3 is 2.62 bits per heavy atom. The molecule has 0 bridgehead atoms. The largest absolute Gasteiger partial charge is 0.324 e. The van der Waals surface area contributed by atoms with Gasteiger partial charge in [-0.3, -0.25) is 5.84 Å². The topological polar surface area (TPSA) is 38.0 Å². The van der Waals surface area contributed by atoms with E-state index in [4.69, 9.17) is 5.84 Å². The number of nitrogens with one attached hydrogen (secondary N) is 1. The second-order valence-electron chi connectivity index (χ2n) is 3.05. The Labute approximate surface area is 82.7 Å². The van der Waals surface area contributed by atoms with Gasteiger partial charge in [0.2, 0.25) is 0 Å². The van der Waals surface area contributed by atoms with Crippen molar-refractivity contribution in [3.63, 3.8) is 0 Å². The average molecular weight is 203 g/mol. The van der Waals surface area contributed by atoms with E-state index in [1.807, 2.05) is 0 Å². The quantitative estimate of drug-likeness (QED) is 0.540. The molecule has 0 aliphatic heterocycles. The van der Waals surface area contributed by atoms with Crippen LogP contribution in [-0.2, 0) is 12.8 Å². The lowest BCUT2D eigenvalue weighted by atomic mass is 10.1. The smallest absolute Gasteiger partial charge is 0.126 e. The summed E-state index contributed by atoms with van der Waals surface area (Å²) in [4.78, 5) is 0. The van der Waals surface area contributed by atoms with E-state index >= 15 is 0 Å². The first-order chi connectivity index (χ1) is 5.83. The second-order valence-corrected chi connectivity index (χ2v) is 3.05. The molecule has 0 saturated heterocycles. The predicted molar refractivity (Wildman–Crippen MR) is 53.5 cm³/mol. The molecule has 0 fully saturated rings. The Balaban J connectivity index is 0.000000845. The SMILES string of the molecule is Cl.NNc1ccc(F)c2c1CCC2. The van der Waals surface area contributed by atoms with E-state index < -0.39 is 0 Å². The lowest BCUT2D eigenvalue weighted by Crippen LogP contribution is -2.09. The van der Waals surface area contributed by atoms with Gasteiger partial charge in [0, 0.05) is 0 Å². The molecule has 2 nitrogen and oxygen atoms in total. The molecule has 0 unspecified atom stereocenters. The van der Waals surface area contributed by atoms with E-state index in [9.17, 15) is 4.39 Å². The number of anilines is 1. The van der Waals surface area contributed by atoms with Crippen LogP contribution in [-0.4, -0.2) is 0 Å². The van der Waals surface area contributed by atoms with E-state index in [2.05, 4.69) is 5.43 Å². The highest BCUT2D eigenvalue weighted by Crippen LogP contribution is 2.30. The third kappa shape index (κ3) is 1.62. The summed E-state index contributed by atoms with van der Waals surface area (Å²) in [5.41, 5.74) is 5.34. The molecule has 0 radical (unpaired) electrons. The monoisotopic (exact) mass is 202 g/mol. The fraction of sp³-hybridized carbons (Fsp3) is 0.333. The van der Waals surface area contributed by atoms with Gasteiger partial charge in [0.05, 0.1) is 5.69 Å². The molecule has 0 spiro atoms. The number of benzene rings is 1. The van der Waals surface area contributed by atoms with E-state index in [1.165, 1.54) is 6.07 Å². The number of hydrogen-bond acceptors (Lipinski definition) is 2. The standard InChI is InChI=1S/C9H11FN2.ClH/c10-8-4-5-9(12-11)7-3-1-2-6(7)8;/h4-5,12H,1-3,11H2;1H. The molecular weight excluding hydrogens is 191 g/mol. The van der Waals surface area contributed by atoms with Crippen LogP contribution in [0.15, 0.2) is 12.1 Å². The minimum Gasteiger partial charge on any atom is -0.324 e. The average Bonchev–Trinajstić information content (AvgIpc) is 2.54. The van der Waals surface area contributed by atoms with Crippen molar-refractivity contribution < 1.29 is 4.39 Å². The third-order valence-corrected chi connectivity index (χ3v) is 2.38. The fourth-order valence-electron chi connectivity index (χ4n) is 1.80. The van der Waals surface area contributed by atoms with E-state index in [0.717, 1.165) is 36.1 Å². The molecule has 0 saturated carbocycles. The first kappa shape index (κ1) is 10.3. The number of rotatable bonds is 1. The number of hydrazine groups is 1. The first-order valence-corrected chi connectivity index (χ1v) is 4.10. The van der Waals surface area contributed by atoms with Gasteiger partial charge in [0.15, 0.2) is 0 Å². The van der Waals surface area contributed by atoms with Gasteiger partial charge in [0.25, 0.3) is 0 Å². The molecule has 13 heavy (non-hydrogen) atoms. The summed E-state index contributed by atoms with van der Waals surface area (Å²) in [6.07, 6.45) is 2.81. The molecule has 1 aromatic rings. The highest BCUT2D eigenvalue weighted by atomic mass is 35.5. The minimum absolute atomic E-state index is 0. The van der Waals surface area contributed by atoms with Crippen LogP contribution in [0.5, 0.6) is 0 Å². The molecule has 72 valence electrons. The van der Waals surface area contributed by atoms with E-state index in [0.29, 0.717) is 0 Å². The zero-order valence-corrected chi connectivity index (χ0v) is 7.96. The van der Waals surface area contributed by atoms with Gasteiger partial charge in [-0.1, -0.05) is 0 Å². The fourth-order valence-corrected chi connectivity index (χ4v) is 1.80. The molecule has 3 N–H and O–H groups in total. The third-order valence-electron chi connectivity index (χ3n) is 2.38. The highest BCUT2D eigenvalue weighted by molar-refractivity contribution is 5.85. The van der Waals surface area contributed by atoms with Crippen LogP contribution < -0.4 is 11.3 Å². The first-order valence-electron chi connectivity index (χ1n) is 4.10. The predicted octanol–water partition coefficient (Wildman–Crippen LogP) is 2.02. The normalized spacial score (nSPS) is 13.4. The van der Waals surface area contributed by atoms with Gasteiger partial charge in [-0.05, 0) is 42.5 Å². The van der Waals surface area contributed by atoms with E-state index in [-0.39, 0.29) is 18.2 Å². The Bertz CT molecular complexity index is 315. The maximum absolute atomic E-state index is 13.1. The Morgan fingerprint density at radius 2 is 1.92 bits per heavy atom.